The van der Waals surface area contributed by atoms with Gasteiger partial charge in [-0.15, -0.1) is 0 Å². The first-order chi connectivity index (χ1) is 18.9. The molecule has 0 aliphatic heterocycles. The molecule has 1 aromatic heterocycles. The first-order valence-electron chi connectivity index (χ1n) is 11.5. The number of halogens is 10. The second kappa shape index (κ2) is 12.7. The maximum absolute atomic E-state index is 12.8. The summed E-state index contributed by atoms with van der Waals surface area (Å²) in [5, 5.41) is 3.96. The molecular formula is C24H20Cl2F8N4O3. The number of ether oxygens (including phenoxy) is 1. The van der Waals surface area contributed by atoms with Gasteiger partial charge in [-0.25, -0.2) is 13.8 Å². The summed E-state index contributed by atoms with van der Waals surface area (Å²) in [7, 11) is 1.52. The van der Waals surface area contributed by atoms with Gasteiger partial charge >= 0.3 is 12.4 Å². The van der Waals surface area contributed by atoms with Crippen molar-refractivity contribution in [3.63, 3.8) is 0 Å². The van der Waals surface area contributed by atoms with Gasteiger partial charge in [0.1, 0.15) is 31.1 Å². The molecule has 0 bridgehead atoms. The van der Waals surface area contributed by atoms with Crippen LogP contribution in [0.15, 0.2) is 24.3 Å². The number of nitrogens with zero attached hydrogens (tertiary/aromatic N) is 2. The van der Waals surface area contributed by atoms with Crippen LogP contribution >= 0.6 is 23.2 Å². The lowest BCUT2D eigenvalue weighted by Gasteiger charge is -2.14. The predicted octanol–water partition coefficient (Wildman–Crippen LogP) is 5.98. The number of fused-ring (bicyclic) bond motifs is 1. The van der Waals surface area contributed by atoms with Crippen LogP contribution in [0.4, 0.5) is 35.1 Å². The molecule has 0 aliphatic rings. The molecule has 0 saturated carbocycles. The zero-order chi connectivity index (χ0) is 30.7. The van der Waals surface area contributed by atoms with E-state index >= 15 is 0 Å². The van der Waals surface area contributed by atoms with Gasteiger partial charge in [-0.2, -0.15) is 26.3 Å². The molecule has 0 unspecified atom stereocenters. The van der Waals surface area contributed by atoms with Crippen LogP contribution in [0.25, 0.3) is 11.0 Å². The van der Waals surface area contributed by atoms with Crippen molar-refractivity contribution in [3.05, 3.63) is 56.8 Å². The summed E-state index contributed by atoms with van der Waals surface area (Å²) in [6.45, 7) is -3.13. The molecular weight excluding hydrogens is 615 g/mol. The standard InChI is InChI=1S/C24H20Cl2F8N4O3/c1-38-16-6-17(41-9-18(27)28)13(22(40)36-10-24(32,33)34)4-15(16)37-19(38)5-12-14(25)3-2-11(21(12)26)8-35-20(39)7-23(29,30)31/h2-4,6,18H,5,7-10H2,1H3,(H,35,39)(H,36,40). The van der Waals surface area contributed by atoms with E-state index in [1.807, 2.05) is 0 Å². The number of hydrogen-bond donors (Lipinski definition) is 2. The van der Waals surface area contributed by atoms with Crippen LogP contribution < -0.4 is 15.4 Å². The van der Waals surface area contributed by atoms with Crippen LogP contribution in [0.3, 0.4) is 0 Å². The average Bonchev–Trinajstić information content (AvgIpc) is 3.15. The van der Waals surface area contributed by atoms with Crippen LogP contribution in [0.1, 0.15) is 33.7 Å². The third-order valence-corrected chi connectivity index (χ3v) is 6.40. The number of hydrogen-bond acceptors (Lipinski definition) is 4. The van der Waals surface area contributed by atoms with E-state index in [-0.39, 0.29) is 51.0 Å². The summed E-state index contributed by atoms with van der Waals surface area (Å²) in [5.74, 6) is -2.64. The second-order valence-electron chi connectivity index (χ2n) is 8.67. The van der Waals surface area contributed by atoms with Crippen molar-refractivity contribution in [2.75, 3.05) is 13.2 Å². The number of rotatable bonds is 10. The van der Waals surface area contributed by atoms with Crippen LogP contribution in [-0.2, 0) is 24.8 Å². The topological polar surface area (TPSA) is 85.2 Å². The molecule has 3 rings (SSSR count). The Morgan fingerprint density at radius 3 is 2.34 bits per heavy atom. The van der Waals surface area contributed by atoms with E-state index in [0.29, 0.717) is 0 Å². The molecule has 2 N–H and O–H groups in total. The van der Waals surface area contributed by atoms with E-state index in [4.69, 9.17) is 27.9 Å². The Kier molecular flexibility index (Phi) is 9.95. The highest BCUT2D eigenvalue weighted by Crippen LogP contribution is 2.33. The molecule has 224 valence electrons. The number of imidazole rings is 1. The molecule has 0 spiro atoms. The quantitative estimate of drug-likeness (QED) is 0.269. The van der Waals surface area contributed by atoms with Crippen LogP contribution in [-0.4, -0.2) is 53.3 Å². The number of alkyl halides is 8. The molecule has 0 atom stereocenters. The van der Waals surface area contributed by atoms with Gasteiger partial charge in [-0.05, 0) is 23.3 Å². The summed E-state index contributed by atoms with van der Waals surface area (Å²) in [6, 6.07) is 5.08. The maximum Gasteiger partial charge on any atom is 0.405 e. The minimum Gasteiger partial charge on any atom is -0.487 e. The molecule has 0 fully saturated rings. The van der Waals surface area contributed by atoms with E-state index in [0.717, 1.165) is 6.07 Å². The van der Waals surface area contributed by atoms with Crippen molar-refractivity contribution in [3.8, 4) is 5.75 Å². The Balaban J connectivity index is 1.94. The van der Waals surface area contributed by atoms with Crippen LogP contribution in [0.2, 0.25) is 10.0 Å². The smallest absolute Gasteiger partial charge is 0.405 e. The lowest BCUT2D eigenvalue weighted by Crippen LogP contribution is -2.34. The molecule has 2 amide bonds. The highest BCUT2D eigenvalue weighted by Gasteiger charge is 2.31. The summed E-state index contributed by atoms with van der Waals surface area (Å²) >= 11 is 12.7. The number of aryl methyl sites for hydroxylation is 1. The van der Waals surface area contributed by atoms with Gasteiger partial charge in [-0.1, -0.05) is 29.3 Å². The summed E-state index contributed by atoms with van der Waals surface area (Å²) in [4.78, 5) is 28.4. The van der Waals surface area contributed by atoms with Gasteiger partial charge in [-0.3, -0.25) is 9.59 Å². The van der Waals surface area contributed by atoms with Crippen LogP contribution in [0.5, 0.6) is 5.75 Å². The number of amides is 2. The van der Waals surface area contributed by atoms with E-state index in [9.17, 15) is 44.7 Å². The molecule has 7 nitrogen and oxygen atoms in total. The zero-order valence-corrected chi connectivity index (χ0v) is 22.3. The van der Waals surface area contributed by atoms with Gasteiger partial charge in [0.15, 0.2) is 0 Å². The SMILES string of the molecule is Cn1c(Cc2c(Cl)ccc(CNC(=O)CC(F)(F)F)c2Cl)nc2cc(C(=O)NCC(F)(F)F)c(OCC(F)F)cc21. The highest BCUT2D eigenvalue weighted by atomic mass is 35.5. The molecule has 1 heterocycles. The fourth-order valence-corrected chi connectivity index (χ4v) is 4.26. The summed E-state index contributed by atoms with van der Waals surface area (Å²) in [6.07, 6.45) is -14.1. The van der Waals surface area contributed by atoms with Crippen molar-refractivity contribution in [2.24, 2.45) is 7.05 Å². The monoisotopic (exact) mass is 634 g/mol. The van der Waals surface area contributed by atoms with E-state index in [2.05, 4.69) is 10.3 Å². The number of carbonyl (C=O) groups is 2. The fraction of sp³-hybridized carbons (Fsp3) is 0.375. The number of aromatic nitrogens is 2. The molecule has 41 heavy (non-hydrogen) atoms. The first-order valence-corrected chi connectivity index (χ1v) is 12.2. The summed E-state index contributed by atoms with van der Waals surface area (Å²) < 4.78 is 107. The average molecular weight is 635 g/mol. The van der Waals surface area contributed by atoms with Gasteiger partial charge in [0.25, 0.3) is 12.3 Å². The van der Waals surface area contributed by atoms with Gasteiger partial charge in [0.2, 0.25) is 5.91 Å². The predicted molar refractivity (Wildman–Crippen MR) is 132 cm³/mol. The zero-order valence-electron chi connectivity index (χ0n) is 20.8. The maximum atomic E-state index is 12.8. The third-order valence-electron chi connectivity index (χ3n) is 5.57. The van der Waals surface area contributed by atoms with E-state index < -0.39 is 61.5 Å². The van der Waals surface area contributed by atoms with Crippen molar-refractivity contribution in [1.29, 1.82) is 0 Å². The largest absolute Gasteiger partial charge is 0.487 e. The lowest BCUT2D eigenvalue weighted by atomic mass is 10.1. The van der Waals surface area contributed by atoms with E-state index in [1.165, 1.54) is 29.8 Å². The Hall–Kier alpha value is -3.33. The van der Waals surface area contributed by atoms with Crippen molar-refractivity contribution in [1.82, 2.24) is 20.2 Å². The van der Waals surface area contributed by atoms with Gasteiger partial charge < -0.3 is 19.9 Å². The Morgan fingerprint density at radius 2 is 1.73 bits per heavy atom. The molecule has 0 radical (unpaired) electrons. The third kappa shape index (κ3) is 8.83. The normalized spacial score (nSPS) is 12.2. The fourth-order valence-electron chi connectivity index (χ4n) is 3.69. The van der Waals surface area contributed by atoms with Crippen molar-refractivity contribution < 1.29 is 49.4 Å². The number of carbonyl (C=O) groups excluding carboxylic acids is 2. The molecule has 3 aromatic rings. The molecule has 2 aromatic carbocycles. The molecule has 0 aliphatic carbocycles. The minimum absolute atomic E-state index is 0.0324. The van der Waals surface area contributed by atoms with Crippen molar-refractivity contribution in [2.45, 2.75) is 38.2 Å². The van der Waals surface area contributed by atoms with E-state index in [1.54, 1.807) is 5.32 Å². The Labute approximate surface area is 236 Å². The summed E-state index contributed by atoms with van der Waals surface area (Å²) in [5.41, 5.74) is 0.448. The molecule has 17 heteroatoms. The Morgan fingerprint density at radius 1 is 1.05 bits per heavy atom. The van der Waals surface area contributed by atoms with Gasteiger partial charge in [0.05, 0.1) is 21.6 Å². The Bertz CT molecular complexity index is 1440. The van der Waals surface area contributed by atoms with Crippen molar-refractivity contribution >= 4 is 46.0 Å². The number of nitrogens with one attached hydrogen (secondary N) is 2. The minimum atomic E-state index is -4.73. The van der Waals surface area contributed by atoms with Crippen LogP contribution in [0, 0.1) is 0 Å². The number of benzene rings is 2. The molecule has 0 saturated heterocycles. The van der Waals surface area contributed by atoms with Gasteiger partial charge in [0, 0.05) is 31.1 Å². The lowest BCUT2D eigenvalue weighted by molar-refractivity contribution is -0.153. The second-order valence-corrected chi connectivity index (χ2v) is 9.45. The first kappa shape index (κ1) is 32.2. The highest BCUT2D eigenvalue weighted by molar-refractivity contribution is 6.36.